The van der Waals surface area contributed by atoms with E-state index in [9.17, 15) is 4.39 Å². The maximum absolute atomic E-state index is 13.7. The number of benzene rings is 1. The number of nitrogens with zero attached hydrogens (tertiary/aromatic N) is 2. The van der Waals surface area contributed by atoms with Crippen LogP contribution in [0.1, 0.15) is 30.1 Å². The number of rotatable bonds is 2. The van der Waals surface area contributed by atoms with Gasteiger partial charge in [0.25, 0.3) is 0 Å². The average Bonchev–Trinajstić information content (AvgIpc) is 2.47. The molecule has 0 aliphatic heterocycles. The molecule has 4 nitrogen and oxygen atoms in total. The van der Waals surface area contributed by atoms with Crippen LogP contribution in [-0.4, -0.2) is 17.1 Å². The van der Waals surface area contributed by atoms with E-state index in [1.165, 1.54) is 13.2 Å². The first-order valence-corrected chi connectivity index (χ1v) is 6.64. The third kappa shape index (κ3) is 2.25. The summed E-state index contributed by atoms with van der Waals surface area (Å²) in [4.78, 5) is 8.84. The van der Waals surface area contributed by atoms with Gasteiger partial charge in [-0.15, -0.1) is 0 Å². The zero-order chi connectivity index (χ0) is 14.1. The summed E-state index contributed by atoms with van der Waals surface area (Å²) in [5, 5.41) is 0. The highest BCUT2D eigenvalue weighted by molar-refractivity contribution is 5.57. The highest BCUT2D eigenvalue weighted by atomic mass is 19.1. The summed E-state index contributed by atoms with van der Waals surface area (Å²) in [7, 11) is 1.44. The Hall–Kier alpha value is -2.01. The standard InChI is InChI=1S/C15H16FN3O/c1-20-14-6-5-9(7-11(14)16)15-18-8-10-12(17)3-2-4-13(10)19-15/h5-8,12H,2-4,17H2,1H3. The van der Waals surface area contributed by atoms with Crippen molar-refractivity contribution in [3.63, 3.8) is 0 Å². The Bertz CT molecular complexity index is 645. The van der Waals surface area contributed by atoms with Crippen LogP contribution in [0.25, 0.3) is 11.4 Å². The maximum atomic E-state index is 13.7. The molecule has 0 spiro atoms. The molecule has 5 heteroatoms. The smallest absolute Gasteiger partial charge is 0.165 e. The van der Waals surface area contributed by atoms with Gasteiger partial charge in [-0.05, 0) is 37.5 Å². The third-order valence-corrected chi connectivity index (χ3v) is 3.64. The van der Waals surface area contributed by atoms with Crippen LogP contribution in [0.15, 0.2) is 24.4 Å². The van der Waals surface area contributed by atoms with Gasteiger partial charge in [-0.2, -0.15) is 0 Å². The van der Waals surface area contributed by atoms with Crippen molar-refractivity contribution in [1.29, 1.82) is 0 Å². The van der Waals surface area contributed by atoms with E-state index >= 15 is 0 Å². The predicted molar refractivity (Wildman–Crippen MR) is 73.8 cm³/mol. The Morgan fingerprint density at radius 3 is 3.00 bits per heavy atom. The predicted octanol–water partition coefficient (Wildman–Crippen LogP) is 2.63. The molecule has 0 fully saturated rings. The number of ether oxygens (including phenoxy) is 1. The second-order valence-corrected chi connectivity index (χ2v) is 4.94. The molecule has 0 bridgehead atoms. The lowest BCUT2D eigenvalue weighted by Crippen LogP contribution is -2.19. The minimum Gasteiger partial charge on any atom is -0.494 e. The lowest BCUT2D eigenvalue weighted by Gasteiger charge is -2.21. The molecule has 1 unspecified atom stereocenters. The van der Waals surface area contributed by atoms with Crippen molar-refractivity contribution < 1.29 is 9.13 Å². The summed E-state index contributed by atoms with van der Waals surface area (Å²) in [6.07, 6.45) is 4.66. The van der Waals surface area contributed by atoms with E-state index < -0.39 is 5.82 Å². The molecule has 20 heavy (non-hydrogen) atoms. The fourth-order valence-electron chi connectivity index (χ4n) is 2.53. The van der Waals surface area contributed by atoms with E-state index in [1.807, 2.05) is 0 Å². The zero-order valence-electron chi connectivity index (χ0n) is 11.3. The van der Waals surface area contributed by atoms with Crippen LogP contribution in [0, 0.1) is 5.82 Å². The van der Waals surface area contributed by atoms with E-state index in [0.717, 1.165) is 30.5 Å². The number of nitrogens with two attached hydrogens (primary N) is 1. The third-order valence-electron chi connectivity index (χ3n) is 3.64. The zero-order valence-corrected chi connectivity index (χ0v) is 11.3. The molecule has 1 aliphatic carbocycles. The van der Waals surface area contributed by atoms with E-state index in [0.29, 0.717) is 11.4 Å². The fraction of sp³-hybridized carbons (Fsp3) is 0.333. The Kier molecular flexibility index (Phi) is 3.36. The van der Waals surface area contributed by atoms with E-state index in [2.05, 4.69) is 9.97 Å². The van der Waals surface area contributed by atoms with Gasteiger partial charge >= 0.3 is 0 Å². The normalized spacial score (nSPS) is 17.6. The molecular formula is C15H16FN3O. The Balaban J connectivity index is 2.00. The van der Waals surface area contributed by atoms with Crippen molar-refractivity contribution in [1.82, 2.24) is 9.97 Å². The number of hydrogen-bond donors (Lipinski definition) is 1. The minimum atomic E-state index is -0.414. The van der Waals surface area contributed by atoms with E-state index in [1.54, 1.807) is 18.3 Å². The molecule has 1 atom stereocenters. The molecule has 104 valence electrons. The van der Waals surface area contributed by atoms with Gasteiger partial charge in [0.15, 0.2) is 17.4 Å². The highest BCUT2D eigenvalue weighted by Crippen LogP contribution is 2.29. The number of methoxy groups -OCH3 is 1. The summed E-state index contributed by atoms with van der Waals surface area (Å²) in [6, 6.07) is 4.75. The molecule has 1 aromatic heterocycles. The summed E-state index contributed by atoms with van der Waals surface area (Å²) < 4.78 is 18.6. The van der Waals surface area contributed by atoms with Gasteiger partial charge in [0, 0.05) is 29.1 Å². The van der Waals surface area contributed by atoms with Crippen LogP contribution in [0.4, 0.5) is 4.39 Å². The number of aromatic nitrogens is 2. The van der Waals surface area contributed by atoms with Crippen molar-refractivity contribution in [2.75, 3.05) is 7.11 Å². The molecule has 0 saturated carbocycles. The number of fused-ring (bicyclic) bond motifs is 1. The van der Waals surface area contributed by atoms with Crippen LogP contribution in [0.5, 0.6) is 5.75 Å². The van der Waals surface area contributed by atoms with Gasteiger partial charge in [0.2, 0.25) is 0 Å². The van der Waals surface area contributed by atoms with Crippen LogP contribution in [0.2, 0.25) is 0 Å². The molecular weight excluding hydrogens is 257 g/mol. The van der Waals surface area contributed by atoms with Gasteiger partial charge < -0.3 is 10.5 Å². The van der Waals surface area contributed by atoms with Gasteiger partial charge in [0.05, 0.1) is 7.11 Å². The summed E-state index contributed by atoms with van der Waals surface area (Å²) in [5.41, 5.74) is 8.67. The molecule has 1 heterocycles. The molecule has 3 rings (SSSR count). The minimum absolute atomic E-state index is 0.0143. The first-order chi connectivity index (χ1) is 9.69. The maximum Gasteiger partial charge on any atom is 0.165 e. The average molecular weight is 273 g/mol. The van der Waals surface area contributed by atoms with Crippen molar-refractivity contribution >= 4 is 0 Å². The van der Waals surface area contributed by atoms with Gasteiger partial charge in [-0.1, -0.05) is 0 Å². The summed E-state index contributed by atoms with van der Waals surface area (Å²) in [6.45, 7) is 0. The van der Waals surface area contributed by atoms with Crippen LogP contribution in [0.3, 0.4) is 0 Å². The second-order valence-electron chi connectivity index (χ2n) is 4.94. The summed E-state index contributed by atoms with van der Waals surface area (Å²) in [5.74, 6) is 0.330. The molecule has 1 aromatic carbocycles. The van der Waals surface area contributed by atoms with Gasteiger partial charge in [-0.3, -0.25) is 0 Å². The molecule has 0 amide bonds. The molecule has 0 radical (unpaired) electrons. The molecule has 2 aromatic rings. The van der Waals surface area contributed by atoms with Crippen molar-refractivity contribution in [3.05, 3.63) is 41.5 Å². The molecule has 0 saturated heterocycles. The van der Waals surface area contributed by atoms with E-state index in [-0.39, 0.29) is 11.8 Å². The lowest BCUT2D eigenvalue weighted by atomic mass is 9.93. The number of hydrogen-bond acceptors (Lipinski definition) is 4. The number of aryl methyl sites for hydroxylation is 1. The summed E-state index contributed by atoms with van der Waals surface area (Å²) >= 11 is 0. The lowest BCUT2D eigenvalue weighted by molar-refractivity contribution is 0.386. The molecule has 2 N–H and O–H groups in total. The van der Waals surface area contributed by atoms with Crippen molar-refractivity contribution in [3.8, 4) is 17.1 Å². The molecule has 1 aliphatic rings. The SMILES string of the molecule is COc1ccc(-c2ncc3c(n2)CCCC3N)cc1F. The van der Waals surface area contributed by atoms with Crippen molar-refractivity contribution in [2.24, 2.45) is 5.73 Å². The first-order valence-electron chi connectivity index (χ1n) is 6.64. The van der Waals surface area contributed by atoms with Gasteiger partial charge in [0.1, 0.15) is 0 Å². The fourth-order valence-corrected chi connectivity index (χ4v) is 2.53. The largest absolute Gasteiger partial charge is 0.494 e. The quantitative estimate of drug-likeness (QED) is 0.913. The van der Waals surface area contributed by atoms with E-state index in [4.69, 9.17) is 10.5 Å². The highest BCUT2D eigenvalue weighted by Gasteiger charge is 2.19. The first kappa shape index (κ1) is 13.0. The van der Waals surface area contributed by atoms with Crippen LogP contribution in [-0.2, 0) is 6.42 Å². The topological polar surface area (TPSA) is 61.0 Å². The van der Waals surface area contributed by atoms with Gasteiger partial charge in [-0.25, -0.2) is 14.4 Å². The van der Waals surface area contributed by atoms with Crippen molar-refractivity contribution in [2.45, 2.75) is 25.3 Å². The Labute approximate surface area is 116 Å². The Morgan fingerprint density at radius 2 is 2.25 bits per heavy atom. The Morgan fingerprint density at radius 1 is 1.40 bits per heavy atom. The van der Waals surface area contributed by atoms with Crippen LogP contribution >= 0.6 is 0 Å². The van der Waals surface area contributed by atoms with Crippen LogP contribution < -0.4 is 10.5 Å². The monoisotopic (exact) mass is 273 g/mol. The second kappa shape index (κ2) is 5.17. The number of halogens is 1.